The van der Waals surface area contributed by atoms with Crippen molar-refractivity contribution in [1.82, 2.24) is 4.90 Å². The Balaban J connectivity index is 2.22. The fourth-order valence-corrected chi connectivity index (χ4v) is 2.79. The van der Waals surface area contributed by atoms with Gasteiger partial charge in [-0.15, -0.1) is 0 Å². The highest BCUT2D eigenvalue weighted by atomic mass is 19.4. The third-order valence-corrected chi connectivity index (χ3v) is 3.94. The molecule has 0 N–H and O–H groups in total. The number of allylic oxidation sites excluding steroid dienone is 2. The minimum absolute atomic E-state index is 0.0184. The van der Waals surface area contributed by atoms with Crippen molar-refractivity contribution in [3.63, 3.8) is 0 Å². The maximum atomic E-state index is 13.7. The van der Waals surface area contributed by atoms with Crippen LogP contribution < -0.4 is 0 Å². The fraction of sp³-hybridized carbons (Fsp3) is 0.150. The van der Waals surface area contributed by atoms with Crippen LogP contribution in [0.1, 0.15) is 11.1 Å². The van der Waals surface area contributed by atoms with Crippen molar-refractivity contribution in [1.29, 1.82) is 0 Å². The van der Waals surface area contributed by atoms with Gasteiger partial charge in [0.15, 0.2) is 5.76 Å². The van der Waals surface area contributed by atoms with Crippen LogP contribution in [-0.2, 0) is 16.1 Å². The van der Waals surface area contributed by atoms with Crippen molar-refractivity contribution in [2.75, 3.05) is 0 Å². The van der Waals surface area contributed by atoms with Gasteiger partial charge in [0.2, 0.25) is 5.76 Å². The molecule has 0 spiro atoms. The van der Waals surface area contributed by atoms with E-state index in [1.165, 1.54) is 24.3 Å². The minimum Gasteiger partial charge on any atom is -0.444 e. The zero-order chi connectivity index (χ0) is 21.2. The smallest absolute Gasteiger partial charge is 0.444 e. The molecule has 2 aromatic rings. The van der Waals surface area contributed by atoms with Crippen molar-refractivity contribution >= 4 is 11.6 Å². The normalized spacial score (nSPS) is 17.0. The van der Waals surface area contributed by atoms with E-state index in [4.69, 9.17) is 0 Å². The predicted octanol–water partition coefficient (Wildman–Crippen LogP) is 5.42. The second-order valence-corrected chi connectivity index (χ2v) is 6.07. The molecule has 0 saturated carbocycles. The van der Waals surface area contributed by atoms with Crippen LogP contribution in [0.2, 0.25) is 0 Å². The van der Waals surface area contributed by atoms with Gasteiger partial charge in [0.05, 0.1) is 18.3 Å². The van der Waals surface area contributed by atoms with Crippen LogP contribution in [0.4, 0.5) is 26.3 Å². The summed E-state index contributed by atoms with van der Waals surface area (Å²) < 4.78 is 83.9. The third kappa shape index (κ3) is 4.79. The van der Waals surface area contributed by atoms with E-state index in [9.17, 15) is 31.1 Å². The van der Waals surface area contributed by atoms with E-state index in [2.05, 4.69) is 4.74 Å². The standard InChI is InChI=1S/C20H13F6NO2/c21-19(22,23)11-15-18(28)27(12-13-7-3-1-4-8-13)16(14-9-5-2-6-10-14)17(29-15)20(24,25)26/h1-11H,12H2/b15-11+. The largest absolute Gasteiger partial charge is 0.451 e. The highest BCUT2D eigenvalue weighted by Gasteiger charge is 2.47. The number of alkyl halides is 6. The Morgan fingerprint density at radius 3 is 1.93 bits per heavy atom. The number of benzene rings is 2. The molecule has 0 radical (unpaired) electrons. The fourth-order valence-electron chi connectivity index (χ4n) is 2.79. The van der Waals surface area contributed by atoms with Crippen molar-refractivity contribution in [3.8, 4) is 0 Å². The number of carbonyl (C=O) groups is 1. The van der Waals surface area contributed by atoms with Crippen LogP contribution in [0.25, 0.3) is 5.70 Å². The van der Waals surface area contributed by atoms with Gasteiger partial charge >= 0.3 is 12.4 Å². The first-order chi connectivity index (χ1) is 13.6. The Morgan fingerprint density at radius 1 is 0.862 bits per heavy atom. The van der Waals surface area contributed by atoms with Crippen LogP contribution >= 0.6 is 0 Å². The molecule has 152 valence electrons. The summed E-state index contributed by atoms with van der Waals surface area (Å²) in [5, 5.41) is 0. The number of halogens is 6. The van der Waals surface area contributed by atoms with Crippen LogP contribution in [0.5, 0.6) is 0 Å². The van der Waals surface area contributed by atoms with Gasteiger partial charge in [-0.2, -0.15) is 26.3 Å². The molecular weight excluding hydrogens is 400 g/mol. The van der Waals surface area contributed by atoms with Crippen LogP contribution in [0.3, 0.4) is 0 Å². The van der Waals surface area contributed by atoms with Gasteiger partial charge in [0.25, 0.3) is 5.91 Å². The monoisotopic (exact) mass is 413 g/mol. The lowest BCUT2D eigenvalue weighted by atomic mass is 10.1. The topological polar surface area (TPSA) is 29.5 Å². The molecule has 2 aromatic carbocycles. The Bertz CT molecular complexity index is 946. The minimum atomic E-state index is -5.13. The second kappa shape index (κ2) is 7.65. The van der Waals surface area contributed by atoms with Crippen molar-refractivity contribution in [3.05, 3.63) is 89.4 Å². The molecule has 0 saturated heterocycles. The molecule has 1 amide bonds. The predicted molar refractivity (Wildman–Crippen MR) is 91.6 cm³/mol. The average molecular weight is 413 g/mol. The highest BCUT2D eigenvalue weighted by Crippen LogP contribution is 2.41. The summed E-state index contributed by atoms with van der Waals surface area (Å²) in [4.78, 5) is 13.3. The van der Waals surface area contributed by atoms with Gasteiger partial charge in [-0.05, 0) is 5.56 Å². The van der Waals surface area contributed by atoms with Gasteiger partial charge < -0.3 is 4.74 Å². The lowest BCUT2D eigenvalue weighted by molar-refractivity contribution is -0.144. The van der Waals surface area contributed by atoms with E-state index < -0.39 is 41.6 Å². The van der Waals surface area contributed by atoms with E-state index >= 15 is 0 Å². The molecule has 0 aromatic heterocycles. The summed E-state index contributed by atoms with van der Waals surface area (Å²) in [7, 11) is 0. The maximum absolute atomic E-state index is 13.7. The molecule has 0 bridgehead atoms. The van der Waals surface area contributed by atoms with Crippen molar-refractivity contribution in [2.45, 2.75) is 18.9 Å². The zero-order valence-corrected chi connectivity index (χ0v) is 14.6. The lowest BCUT2D eigenvalue weighted by Crippen LogP contribution is -2.39. The molecule has 1 aliphatic heterocycles. The van der Waals surface area contributed by atoms with Gasteiger partial charge in [0, 0.05) is 5.56 Å². The number of hydrogen-bond donors (Lipinski definition) is 0. The third-order valence-electron chi connectivity index (χ3n) is 3.94. The molecule has 0 atom stereocenters. The first-order valence-corrected chi connectivity index (χ1v) is 8.26. The molecule has 29 heavy (non-hydrogen) atoms. The zero-order valence-electron chi connectivity index (χ0n) is 14.6. The number of ether oxygens (including phenoxy) is 1. The van der Waals surface area contributed by atoms with Gasteiger partial charge in [0.1, 0.15) is 0 Å². The quantitative estimate of drug-likeness (QED) is 0.497. The number of amides is 1. The first kappa shape index (κ1) is 20.5. The summed E-state index contributed by atoms with van der Waals surface area (Å²) in [6.07, 6.45) is -10.7. The van der Waals surface area contributed by atoms with Crippen LogP contribution in [0, 0.1) is 0 Å². The first-order valence-electron chi connectivity index (χ1n) is 8.26. The molecule has 1 aliphatic rings. The lowest BCUT2D eigenvalue weighted by Gasteiger charge is -2.34. The summed E-state index contributed by atoms with van der Waals surface area (Å²) in [5.74, 6) is -4.45. The Hall–Kier alpha value is -3.23. The summed E-state index contributed by atoms with van der Waals surface area (Å²) in [6.45, 7) is -0.373. The van der Waals surface area contributed by atoms with Crippen molar-refractivity contribution in [2.24, 2.45) is 0 Å². The Labute approximate surface area is 161 Å². The molecule has 1 heterocycles. The van der Waals surface area contributed by atoms with E-state index in [0.717, 1.165) is 0 Å². The molecular formula is C20H13F6NO2. The van der Waals surface area contributed by atoms with Gasteiger partial charge in [-0.3, -0.25) is 9.69 Å². The molecule has 3 rings (SSSR count). The van der Waals surface area contributed by atoms with E-state index in [-0.39, 0.29) is 12.1 Å². The maximum Gasteiger partial charge on any atom is 0.451 e. The highest BCUT2D eigenvalue weighted by molar-refractivity contribution is 6.00. The van der Waals surface area contributed by atoms with E-state index in [1.807, 2.05) is 0 Å². The number of hydrogen-bond acceptors (Lipinski definition) is 2. The average Bonchev–Trinajstić information content (AvgIpc) is 2.64. The molecule has 0 unspecified atom stereocenters. The number of rotatable bonds is 3. The molecule has 0 aliphatic carbocycles. The Morgan fingerprint density at radius 2 is 1.41 bits per heavy atom. The van der Waals surface area contributed by atoms with Crippen molar-refractivity contribution < 1.29 is 35.9 Å². The van der Waals surface area contributed by atoms with E-state index in [1.54, 1.807) is 36.4 Å². The molecule has 9 heteroatoms. The summed E-state index contributed by atoms with van der Waals surface area (Å²) in [5.41, 5.74) is -0.231. The molecule has 3 nitrogen and oxygen atoms in total. The summed E-state index contributed by atoms with van der Waals surface area (Å²) >= 11 is 0. The van der Waals surface area contributed by atoms with E-state index in [0.29, 0.717) is 10.5 Å². The van der Waals surface area contributed by atoms with Gasteiger partial charge in [-0.1, -0.05) is 60.7 Å². The number of carbonyl (C=O) groups excluding carboxylic acids is 1. The SMILES string of the molecule is O=C1/C(=C\C(F)(F)F)OC(C(F)(F)F)=C(c2ccccc2)N1Cc1ccccc1. The summed E-state index contributed by atoms with van der Waals surface area (Å²) in [6, 6.07) is 15.0. The number of nitrogens with zero attached hydrogens (tertiary/aromatic N) is 1. The van der Waals surface area contributed by atoms with Crippen LogP contribution in [0.15, 0.2) is 78.3 Å². The van der Waals surface area contributed by atoms with Crippen LogP contribution in [-0.4, -0.2) is 23.2 Å². The molecule has 0 fully saturated rings. The Kier molecular flexibility index (Phi) is 5.41. The van der Waals surface area contributed by atoms with Gasteiger partial charge in [-0.25, -0.2) is 0 Å². The second-order valence-electron chi connectivity index (χ2n) is 6.07.